The number of hydrogen-bond donors (Lipinski definition) is 0. The Hall–Kier alpha value is -2.52. The summed E-state index contributed by atoms with van der Waals surface area (Å²) in [5.41, 5.74) is 3.40. The summed E-state index contributed by atoms with van der Waals surface area (Å²) in [5, 5.41) is 1.60. The van der Waals surface area contributed by atoms with E-state index in [2.05, 4.69) is 67.2 Å². The van der Waals surface area contributed by atoms with Crippen molar-refractivity contribution in [1.29, 1.82) is 0 Å². The predicted molar refractivity (Wildman–Crippen MR) is 107 cm³/mol. The number of likely N-dealkylation sites (N-methyl/N-ethyl adjacent to an activating group) is 1. The number of ether oxygens (including phenoxy) is 1. The van der Waals surface area contributed by atoms with E-state index in [-0.39, 0.29) is 5.41 Å². The summed E-state index contributed by atoms with van der Waals surface area (Å²) in [4.78, 5) is 6.80. The van der Waals surface area contributed by atoms with Crippen LogP contribution in [0.2, 0.25) is 5.02 Å². The second kappa shape index (κ2) is 5.01. The Morgan fingerprint density at radius 3 is 2.73 bits per heavy atom. The van der Waals surface area contributed by atoms with Crippen molar-refractivity contribution in [1.82, 2.24) is 4.98 Å². The van der Waals surface area contributed by atoms with Gasteiger partial charge < -0.3 is 9.64 Å². The molecule has 130 valence electrons. The Morgan fingerprint density at radius 2 is 1.92 bits per heavy atom. The number of pyridine rings is 1. The first-order valence-corrected chi connectivity index (χ1v) is 9.12. The third-order valence-corrected chi connectivity index (χ3v) is 6.22. The molecule has 1 unspecified atom stereocenters. The van der Waals surface area contributed by atoms with Gasteiger partial charge >= 0.3 is 0 Å². The minimum absolute atomic E-state index is 0.229. The van der Waals surface area contributed by atoms with Crippen LogP contribution in [-0.2, 0) is 5.41 Å². The molecule has 0 saturated carbocycles. The van der Waals surface area contributed by atoms with Gasteiger partial charge in [-0.2, -0.15) is 0 Å². The highest BCUT2D eigenvalue weighted by atomic mass is 35.5. The average Bonchev–Trinajstić information content (AvgIpc) is 2.82. The van der Waals surface area contributed by atoms with Crippen molar-refractivity contribution in [2.24, 2.45) is 0 Å². The smallest absolute Gasteiger partial charge is 0.211 e. The lowest BCUT2D eigenvalue weighted by Crippen LogP contribution is -2.58. The van der Waals surface area contributed by atoms with Gasteiger partial charge in [0.15, 0.2) is 5.75 Å². The molecule has 3 heterocycles. The van der Waals surface area contributed by atoms with Crippen molar-refractivity contribution in [2.45, 2.75) is 25.0 Å². The van der Waals surface area contributed by atoms with E-state index in [1.54, 1.807) is 6.20 Å². The van der Waals surface area contributed by atoms with Crippen LogP contribution in [0.5, 0.6) is 5.75 Å². The molecule has 5 rings (SSSR count). The van der Waals surface area contributed by atoms with E-state index in [9.17, 15) is 0 Å². The number of fused-ring (bicyclic) bond motifs is 4. The molecule has 0 bridgehead atoms. The van der Waals surface area contributed by atoms with Crippen LogP contribution in [0.1, 0.15) is 25.0 Å². The highest BCUT2D eigenvalue weighted by Gasteiger charge is 2.57. The third kappa shape index (κ3) is 1.76. The normalized spacial score (nSPS) is 22.4. The van der Waals surface area contributed by atoms with Crippen LogP contribution >= 0.6 is 11.6 Å². The Morgan fingerprint density at radius 1 is 1.12 bits per heavy atom. The second-order valence-corrected chi connectivity index (χ2v) is 7.92. The number of hydrogen-bond acceptors (Lipinski definition) is 3. The van der Waals surface area contributed by atoms with Crippen LogP contribution in [0, 0.1) is 0 Å². The number of anilines is 1. The third-order valence-electron chi connectivity index (χ3n) is 5.90. The van der Waals surface area contributed by atoms with Gasteiger partial charge in [0.2, 0.25) is 5.72 Å². The van der Waals surface area contributed by atoms with Gasteiger partial charge in [-0.05, 0) is 55.8 Å². The van der Waals surface area contributed by atoms with Gasteiger partial charge in [0.1, 0.15) is 5.52 Å². The first-order valence-electron chi connectivity index (χ1n) is 8.74. The van der Waals surface area contributed by atoms with E-state index in [4.69, 9.17) is 16.3 Å². The summed E-state index contributed by atoms with van der Waals surface area (Å²) in [5.74, 6) is 0.792. The van der Waals surface area contributed by atoms with Crippen molar-refractivity contribution >= 4 is 34.3 Å². The largest absolute Gasteiger partial charge is 0.460 e. The first-order chi connectivity index (χ1) is 12.5. The fourth-order valence-corrected chi connectivity index (χ4v) is 4.69. The Balaban J connectivity index is 1.76. The van der Waals surface area contributed by atoms with E-state index in [1.165, 1.54) is 11.3 Å². The van der Waals surface area contributed by atoms with Crippen molar-refractivity contribution in [3.05, 3.63) is 70.9 Å². The maximum absolute atomic E-state index is 6.78. The molecular formula is C22H19ClN2O. The number of halogens is 1. The predicted octanol–water partition coefficient (Wildman–Crippen LogP) is 5.42. The van der Waals surface area contributed by atoms with Crippen LogP contribution in [0.15, 0.2) is 54.7 Å². The zero-order chi connectivity index (χ0) is 18.1. The molecule has 26 heavy (non-hydrogen) atoms. The van der Waals surface area contributed by atoms with Crippen LogP contribution in [0.4, 0.5) is 5.69 Å². The first kappa shape index (κ1) is 15.7. The topological polar surface area (TPSA) is 25.4 Å². The van der Waals surface area contributed by atoms with Crippen molar-refractivity contribution in [3.8, 4) is 5.75 Å². The highest BCUT2D eigenvalue weighted by molar-refractivity contribution is 6.35. The number of para-hydroxylation sites is 1. The van der Waals surface area contributed by atoms with Crippen molar-refractivity contribution < 1.29 is 4.74 Å². The molecule has 2 aliphatic rings. The quantitative estimate of drug-likeness (QED) is 0.534. The Bertz CT molecular complexity index is 1090. The molecule has 0 amide bonds. The lowest BCUT2D eigenvalue weighted by molar-refractivity contribution is 0.0596. The summed E-state index contributed by atoms with van der Waals surface area (Å²) in [6, 6.07) is 14.3. The fraction of sp³-hybridized carbons (Fsp3) is 0.227. The van der Waals surface area contributed by atoms with E-state index in [1.807, 2.05) is 18.2 Å². The van der Waals surface area contributed by atoms with Gasteiger partial charge in [-0.25, -0.2) is 0 Å². The van der Waals surface area contributed by atoms with Crippen LogP contribution in [-0.4, -0.2) is 17.8 Å². The molecule has 0 fully saturated rings. The summed E-state index contributed by atoms with van der Waals surface area (Å²) in [7, 11) is 2.09. The molecule has 0 aliphatic carbocycles. The zero-order valence-corrected chi connectivity index (χ0v) is 15.7. The number of nitrogens with zero attached hydrogens (tertiary/aromatic N) is 2. The van der Waals surface area contributed by atoms with Crippen LogP contribution in [0.3, 0.4) is 0 Å². The molecule has 2 aliphatic heterocycles. The standard InChI is InChI=1S/C22H19ClN2O/c1-21(2)16-8-4-5-9-18(16)25(3)22(21)11-10-14-13-17(23)15-7-6-12-24-19(15)20(14)26-22/h4-13H,1-3H3. The van der Waals surface area contributed by atoms with E-state index >= 15 is 0 Å². The van der Waals surface area contributed by atoms with E-state index in [0.717, 1.165) is 22.2 Å². The maximum atomic E-state index is 6.78. The van der Waals surface area contributed by atoms with Crippen molar-refractivity contribution in [2.75, 3.05) is 11.9 Å². The second-order valence-electron chi connectivity index (χ2n) is 7.51. The molecule has 0 N–H and O–H groups in total. The molecule has 0 saturated heterocycles. The number of aromatic nitrogens is 1. The molecule has 0 radical (unpaired) electrons. The van der Waals surface area contributed by atoms with Gasteiger partial charge in [0.05, 0.1) is 10.4 Å². The summed E-state index contributed by atoms with van der Waals surface area (Å²) in [6.45, 7) is 4.46. The zero-order valence-electron chi connectivity index (χ0n) is 15.0. The molecule has 1 spiro atoms. The van der Waals surface area contributed by atoms with Crippen LogP contribution in [0.25, 0.3) is 17.0 Å². The van der Waals surface area contributed by atoms with Crippen LogP contribution < -0.4 is 9.64 Å². The molecule has 3 nitrogen and oxygen atoms in total. The minimum Gasteiger partial charge on any atom is -0.460 e. The van der Waals surface area contributed by atoms with Gasteiger partial charge in [-0.3, -0.25) is 4.98 Å². The Kier molecular flexibility index (Phi) is 3.03. The summed E-state index contributed by atoms with van der Waals surface area (Å²) >= 11 is 6.46. The van der Waals surface area contributed by atoms with Gasteiger partial charge in [-0.1, -0.05) is 29.8 Å². The minimum atomic E-state index is -0.609. The average molecular weight is 363 g/mol. The van der Waals surface area contributed by atoms with Gasteiger partial charge in [-0.15, -0.1) is 0 Å². The maximum Gasteiger partial charge on any atom is 0.211 e. The van der Waals surface area contributed by atoms with Gasteiger partial charge in [0, 0.05) is 29.9 Å². The van der Waals surface area contributed by atoms with Crippen molar-refractivity contribution in [3.63, 3.8) is 0 Å². The molecule has 2 aromatic carbocycles. The number of rotatable bonds is 0. The SMILES string of the molecule is CN1c2ccccc2C(C)(C)C12C=Cc1cc(Cl)c3cccnc3c1O2. The van der Waals surface area contributed by atoms with E-state index < -0.39 is 5.72 Å². The summed E-state index contributed by atoms with van der Waals surface area (Å²) < 4.78 is 6.78. The fourth-order valence-electron chi connectivity index (χ4n) is 4.42. The lowest BCUT2D eigenvalue weighted by atomic mass is 9.76. The molecule has 1 atom stereocenters. The van der Waals surface area contributed by atoms with Gasteiger partial charge in [0.25, 0.3) is 0 Å². The Labute approximate surface area is 157 Å². The monoisotopic (exact) mass is 362 g/mol. The molecular weight excluding hydrogens is 344 g/mol. The highest BCUT2D eigenvalue weighted by Crippen LogP contribution is 2.55. The van der Waals surface area contributed by atoms with E-state index in [0.29, 0.717) is 5.02 Å². The molecule has 4 heteroatoms. The lowest BCUT2D eigenvalue weighted by Gasteiger charge is -2.45. The summed E-state index contributed by atoms with van der Waals surface area (Å²) in [6.07, 6.45) is 6.05. The molecule has 3 aromatic rings. The number of benzene rings is 2. The molecule has 1 aromatic heterocycles.